The minimum atomic E-state index is -0.352. The molecule has 0 aliphatic heterocycles. The number of thiophene rings is 1. The zero-order valence-corrected chi connectivity index (χ0v) is 21.6. The van der Waals surface area contributed by atoms with Gasteiger partial charge in [-0.25, -0.2) is 4.79 Å². The van der Waals surface area contributed by atoms with Gasteiger partial charge >= 0.3 is 6.03 Å². The third kappa shape index (κ3) is 7.48. The lowest BCUT2D eigenvalue weighted by Crippen LogP contribution is -2.44. The lowest BCUT2D eigenvalue weighted by atomic mass is 10.2. The number of benzene rings is 2. The van der Waals surface area contributed by atoms with Crippen molar-refractivity contribution < 1.29 is 19.1 Å². The van der Waals surface area contributed by atoms with Crippen LogP contribution < -0.4 is 14.8 Å². The van der Waals surface area contributed by atoms with E-state index in [1.807, 2.05) is 42.2 Å². The average Bonchev–Trinajstić information content (AvgIpc) is 3.28. The lowest BCUT2D eigenvalue weighted by Gasteiger charge is -2.28. The summed E-state index contributed by atoms with van der Waals surface area (Å²) < 4.78 is 10.6. The van der Waals surface area contributed by atoms with Crippen molar-refractivity contribution in [1.29, 1.82) is 0 Å². The Morgan fingerprint density at radius 1 is 0.943 bits per heavy atom. The Morgan fingerprint density at radius 2 is 1.71 bits per heavy atom. The Kier molecular flexibility index (Phi) is 9.55. The highest BCUT2D eigenvalue weighted by Gasteiger charge is 2.23. The first kappa shape index (κ1) is 26.1. The van der Waals surface area contributed by atoms with Gasteiger partial charge in [-0.1, -0.05) is 37.3 Å². The fraction of sp³-hybridized carbons (Fsp3) is 0.333. The molecule has 3 aromatic rings. The van der Waals surface area contributed by atoms with Crippen molar-refractivity contribution in [3.8, 4) is 11.5 Å². The van der Waals surface area contributed by atoms with E-state index in [2.05, 4.69) is 24.4 Å². The number of ether oxygens (including phenoxy) is 2. The Bertz CT molecular complexity index is 1120. The van der Waals surface area contributed by atoms with E-state index in [9.17, 15) is 9.59 Å². The Labute approximate surface area is 211 Å². The molecule has 0 atom stereocenters. The van der Waals surface area contributed by atoms with Gasteiger partial charge in [-0.15, -0.1) is 11.3 Å². The predicted molar refractivity (Wildman–Crippen MR) is 140 cm³/mol. The van der Waals surface area contributed by atoms with Crippen LogP contribution in [0.1, 0.15) is 28.7 Å². The van der Waals surface area contributed by atoms with Gasteiger partial charge in [0.25, 0.3) is 0 Å². The number of carbonyl (C=O) groups excluding carboxylic acids is 2. The second kappa shape index (κ2) is 12.8. The Hall–Kier alpha value is -3.52. The highest BCUT2D eigenvalue weighted by molar-refractivity contribution is 7.11. The van der Waals surface area contributed by atoms with E-state index in [4.69, 9.17) is 9.47 Å². The minimum absolute atomic E-state index is 0.0185. The van der Waals surface area contributed by atoms with E-state index in [0.717, 1.165) is 16.9 Å². The molecule has 2 aromatic carbocycles. The number of anilines is 1. The molecule has 3 amide bonds. The molecule has 0 aliphatic carbocycles. The molecule has 8 heteroatoms. The maximum absolute atomic E-state index is 13.5. The SMILES string of the molecule is CCCN(CC(=O)N(Cc1ccccc1)Cc1ccc(C)s1)C(=O)Nc1ccc(OC)cc1OC. The molecule has 0 spiro atoms. The standard InChI is InChI=1S/C27H33N3O4S/c1-5-15-29(27(32)28-24-14-12-22(33-3)16-25(24)34-4)19-26(31)30(17-21-9-7-6-8-10-21)18-23-13-11-20(2)35-23/h6-14,16H,5,15,17-19H2,1-4H3,(H,28,32). The molecule has 3 rings (SSSR count). The van der Waals surface area contributed by atoms with Crippen LogP contribution in [0.2, 0.25) is 0 Å². The zero-order valence-electron chi connectivity index (χ0n) is 20.7. The van der Waals surface area contributed by atoms with Gasteiger partial charge in [0.05, 0.1) is 26.5 Å². The van der Waals surface area contributed by atoms with Crippen molar-refractivity contribution in [1.82, 2.24) is 9.80 Å². The minimum Gasteiger partial charge on any atom is -0.497 e. The van der Waals surface area contributed by atoms with E-state index < -0.39 is 0 Å². The van der Waals surface area contributed by atoms with Crippen LogP contribution in [0.25, 0.3) is 0 Å². The molecule has 1 aromatic heterocycles. The van der Waals surface area contributed by atoms with Crippen LogP contribution in [-0.2, 0) is 17.9 Å². The molecule has 0 aliphatic rings. The monoisotopic (exact) mass is 495 g/mol. The number of carbonyl (C=O) groups is 2. The van der Waals surface area contributed by atoms with E-state index >= 15 is 0 Å². The van der Waals surface area contributed by atoms with Crippen LogP contribution >= 0.6 is 11.3 Å². The van der Waals surface area contributed by atoms with Crippen LogP contribution in [0, 0.1) is 6.92 Å². The summed E-state index contributed by atoms with van der Waals surface area (Å²) in [7, 11) is 3.10. The third-order valence-electron chi connectivity index (χ3n) is 5.47. The molecule has 0 fully saturated rings. The molecule has 0 bridgehead atoms. The zero-order chi connectivity index (χ0) is 25.2. The molecular formula is C27H33N3O4S. The molecule has 0 unspecified atom stereocenters. The molecule has 1 heterocycles. The van der Waals surface area contributed by atoms with Gasteiger partial charge < -0.3 is 24.6 Å². The molecule has 0 saturated heterocycles. The van der Waals surface area contributed by atoms with Crippen molar-refractivity contribution >= 4 is 29.0 Å². The maximum Gasteiger partial charge on any atom is 0.322 e. The summed E-state index contributed by atoms with van der Waals surface area (Å²) in [6.07, 6.45) is 0.725. The van der Waals surface area contributed by atoms with E-state index in [1.165, 1.54) is 12.0 Å². The molecule has 1 N–H and O–H groups in total. The number of urea groups is 1. The van der Waals surface area contributed by atoms with Crippen LogP contribution in [-0.4, -0.2) is 49.0 Å². The summed E-state index contributed by atoms with van der Waals surface area (Å²) in [6, 6.07) is 18.8. The van der Waals surface area contributed by atoms with Gasteiger partial charge in [0.15, 0.2) is 0 Å². The molecule has 7 nitrogen and oxygen atoms in total. The highest BCUT2D eigenvalue weighted by Crippen LogP contribution is 2.29. The topological polar surface area (TPSA) is 71.1 Å². The van der Waals surface area contributed by atoms with Gasteiger partial charge in [-0.05, 0) is 43.2 Å². The lowest BCUT2D eigenvalue weighted by molar-refractivity contribution is -0.133. The average molecular weight is 496 g/mol. The van der Waals surface area contributed by atoms with Crippen molar-refractivity contribution in [2.24, 2.45) is 0 Å². The van der Waals surface area contributed by atoms with Crippen LogP contribution in [0.3, 0.4) is 0 Å². The predicted octanol–water partition coefficient (Wildman–Crippen LogP) is 5.55. The van der Waals surface area contributed by atoms with Crippen molar-refractivity contribution in [2.45, 2.75) is 33.4 Å². The van der Waals surface area contributed by atoms with Gasteiger partial charge in [-0.3, -0.25) is 4.79 Å². The molecule has 35 heavy (non-hydrogen) atoms. The Balaban J connectivity index is 1.76. The number of nitrogens with one attached hydrogen (secondary N) is 1. The van der Waals surface area contributed by atoms with Gasteiger partial charge in [0.2, 0.25) is 5.91 Å². The van der Waals surface area contributed by atoms with Gasteiger partial charge in [0, 0.05) is 28.9 Å². The number of aryl methyl sites for hydroxylation is 1. The van der Waals surface area contributed by atoms with Crippen molar-refractivity contribution in [3.05, 3.63) is 76.0 Å². The molecule has 186 valence electrons. The van der Waals surface area contributed by atoms with Crippen LogP contribution in [0.15, 0.2) is 60.7 Å². The second-order valence-electron chi connectivity index (χ2n) is 8.17. The van der Waals surface area contributed by atoms with E-state index in [-0.39, 0.29) is 18.5 Å². The number of nitrogens with zero attached hydrogens (tertiary/aromatic N) is 2. The van der Waals surface area contributed by atoms with Crippen molar-refractivity contribution in [3.63, 3.8) is 0 Å². The summed E-state index contributed by atoms with van der Waals surface area (Å²) in [5.41, 5.74) is 1.56. The summed E-state index contributed by atoms with van der Waals surface area (Å²) >= 11 is 1.68. The summed E-state index contributed by atoms with van der Waals surface area (Å²) in [5, 5.41) is 2.88. The number of rotatable bonds is 11. The van der Waals surface area contributed by atoms with Crippen molar-refractivity contribution in [2.75, 3.05) is 32.6 Å². The number of methoxy groups -OCH3 is 2. The first-order chi connectivity index (χ1) is 16.9. The normalized spacial score (nSPS) is 10.5. The highest BCUT2D eigenvalue weighted by atomic mass is 32.1. The quantitative estimate of drug-likeness (QED) is 0.379. The first-order valence-corrected chi connectivity index (χ1v) is 12.4. The summed E-state index contributed by atoms with van der Waals surface area (Å²) in [4.78, 5) is 32.3. The molecule has 0 saturated carbocycles. The summed E-state index contributed by atoms with van der Waals surface area (Å²) in [5.74, 6) is 1.00. The number of hydrogen-bond acceptors (Lipinski definition) is 5. The molecule has 0 radical (unpaired) electrons. The maximum atomic E-state index is 13.5. The second-order valence-corrected chi connectivity index (χ2v) is 9.54. The molecular weight excluding hydrogens is 462 g/mol. The van der Waals surface area contributed by atoms with Crippen LogP contribution in [0.5, 0.6) is 11.5 Å². The smallest absolute Gasteiger partial charge is 0.322 e. The van der Waals surface area contributed by atoms with Gasteiger partial charge in [0.1, 0.15) is 18.0 Å². The fourth-order valence-electron chi connectivity index (χ4n) is 3.68. The Morgan fingerprint density at radius 3 is 2.34 bits per heavy atom. The first-order valence-electron chi connectivity index (χ1n) is 11.6. The van der Waals surface area contributed by atoms with Crippen LogP contribution in [0.4, 0.5) is 10.5 Å². The summed E-state index contributed by atoms with van der Waals surface area (Å²) in [6.45, 7) is 5.44. The third-order valence-corrected chi connectivity index (χ3v) is 6.45. The van der Waals surface area contributed by atoms with Gasteiger partial charge in [-0.2, -0.15) is 0 Å². The number of hydrogen-bond donors (Lipinski definition) is 1. The van der Waals surface area contributed by atoms with E-state index in [1.54, 1.807) is 41.5 Å². The largest absolute Gasteiger partial charge is 0.497 e. The number of amides is 3. The fourth-order valence-corrected chi connectivity index (χ4v) is 4.58. The van der Waals surface area contributed by atoms with E-state index in [0.29, 0.717) is 36.8 Å².